The Labute approximate surface area is 160 Å². The molecule has 26 heavy (non-hydrogen) atoms. The third kappa shape index (κ3) is 7.31. The third-order valence-electron chi connectivity index (χ3n) is 5.20. The molecule has 0 N–H and O–H groups in total. The molecule has 1 heterocycles. The maximum absolute atomic E-state index is 2.52. The minimum atomic E-state index is 0.571. The lowest BCUT2D eigenvalue weighted by molar-refractivity contribution is 0.266. The smallest absolute Gasteiger partial charge is 0.0233 e. The van der Waals surface area contributed by atoms with Gasteiger partial charge in [0.2, 0.25) is 0 Å². The van der Waals surface area contributed by atoms with Gasteiger partial charge < -0.3 is 4.90 Å². The quantitative estimate of drug-likeness (QED) is 0.693. The molecule has 2 aromatic rings. The molecule has 0 saturated carbocycles. The van der Waals surface area contributed by atoms with Crippen LogP contribution < -0.4 is 0 Å². The first kappa shape index (κ1) is 20.7. The van der Waals surface area contributed by atoms with E-state index in [-0.39, 0.29) is 0 Å². The fourth-order valence-corrected chi connectivity index (χ4v) is 3.41. The van der Waals surface area contributed by atoms with E-state index in [1.54, 1.807) is 0 Å². The molecule has 0 spiro atoms. The fraction of sp³-hybridized carbons (Fsp3) is 0.500. The van der Waals surface area contributed by atoms with Gasteiger partial charge in [-0.3, -0.25) is 4.90 Å². The summed E-state index contributed by atoms with van der Waals surface area (Å²) in [6.45, 7) is 12.6. The van der Waals surface area contributed by atoms with E-state index in [4.69, 9.17) is 0 Å². The van der Waals surface area contributed by atoms with Crippen molar-refractivity contribution in [3.8, 4) is 0 Å². The summed E-state index contributed by atoms with van der Waals surface area (Å²) < 4.78 is 0. The van der Waals surface area contributed by atoms with Crippen molar-refractivity contribution in [3.63, 3.8) is 0 Å². The normalized spacial score (nSPS) is 15.6. The van der Waals surface area contributed by atoms with Crippen LogP contribution in [0.15, 0.2) is 54.6 Å². The molecule has 0 bridgehead atoms. The van der Waals surface area contributed by atoms with Gasteiger partial charge >= 0.3 is 0 Å². The highest BCUT2D eigenvalue weighted by Gasteiger charge is 2.11. The van der Waals surface area contributed by atoms with Gasteiger partial charge in [-0.1, -0.05) is 74.0 Å². The SMILES string of the molecule is CCN(Cc1ccc(C)cc1)CC(C)c1ccccc1.CN1CCCC1. The van der Waals surface area contributed by atoms with E-state index in [9.17, 15) is 0 Å². The lowest BCUT2D eigenvalue weighted by atomic mass is 10.0. The van der Waals surface area contributed by atoms with Crippen LogP contribution in [0.4, 0.5) is 0 Å². The van der Waals surface area contributed by atoms with E-state index in [1.165, 1.54) is 42.6 Å². The largest absolute Gasteiger partial charge is 0.306 e. The van der Waals surface area contributed by atoms with Crippen LogP contribution >= 0.6 is 0 Å². The maximum Gasteiger partial charge on any atom is 0.0233 e. The van der Waals surface area contributed by atoms with Crippen LogP contribution in [-0.2, 0) is 6.54 Å². The van der Waals surface area contributed by atoms with Crippen molar-refractivity contribution in [2.45, 2.75) is 46.1 Å². The monoisotopic (exact) mass is 352 g/mol. The van der Waals surface area contributed by atoms with Crippen molar-refractivity contribution in [1.82, 2.24) is 9.80 Å². The van der Waals surface area contributed by atoms with Gasteiger partial charge in [-0.05, 0) is 63.5 Å². The van der Waals surface area contributed by atoms with Gasteiger partial charge in [-0.25, -0.2) is 0 Å². The van der Waals surface area contributed by atoms with Crippen LogP contribution in [-0.4, -0.2) is 43.0 Å². The second kappa shape index (κ2) is 11.2. The number of aryl methyl sites for hydroxylation is 1. The number of hydrogen-bond acceptors (Lipinski definition) is 2. The lowest BCUT2D eigenvalue weighted by Gasteiger charge is -2.24. The van der Waals surface area contributed by atoms with E-state index >= 15 is 0 Å². The van der Waals surface area contributed by atoms with Crippen LogP contribution in [0.2, 0.25) is 0 Å². The zero-order chi connectivity index (χ0) is 18.8. The number of likely N-dealkylation sites (N-methyl/N-ethyl adjacent to an activating group) is 1. The van der Waals surface area contributed by atoms with Gasteiger partial charge in [0.05, 0.1) is 0 Å². The molecule has 0 radical (unpaired) electrons. The summed E-state index contributed by atoms with van der Waals surface area (Å²) >= 11 is 0. The second-order valence-electron chi connectivity index (χ2n) is 7.64. The first-order valence-electron chi connectivity index (χ1n) is 10.1. The average Bonchev–Trinajstić information content (AvgIpc) is 3.15. The van der Waals surface area contributed by atoms with Gasteiger partial charge in [0.1, 0.15) is 0 Å². The molecule has 1 atom stereocenters. The molecule has 142 valence electrons. The highest BCUT2D eigenvalue weighted by molar-refractivity contribution is 5.22. The summed E-state index contributed by atoms with van der Waals surface area (Å²) in [7, 11) is 2.17. The summed E-state index contributed by atoms with van der Waals surface area (Å²) in [6, 6.07) is 19.7. The van der Waals surface area contributed by atoms with E-state index in [0.29, 0.717) is 5.92 Å². The number of benzene rings is 2. The van der Waals surface area contributed by atoms with Gasteiger partial charge in [-0.2, -0.15) is 0 Å². The summed E-state index contributed by atoms with van der Waals surface area (Å²) in [5.41, 5.74) is 4.15. The zero-order valence-corrected chi connectivity index (χ0v) is 17.1. The predicted octanol–water partition coefficient (Wildman–Crippen LogP) is 5.33. The van der Waals surface area contributed by atoms with E-state index in [1.807, 2.05) is 0 Å². The predicted molar refractivity (Wildman–Crippen MR) is 114 cm³/mol. The molecule has 0 aliphatic carbocycles. The Morgan fingerprint density at radius 1 is 0.962 bits per heavy atom. The van der Waals surface area contributed by atoms with Crippen molar-refractivity contribution in [2.75, 3.05) is 33.2 Å². The van der Waals surface area contributed by atoms with Crippen molar-refractivity contribution >= 4 is 0 Å². The Morgan fingerprint density at radius 2 is 1.58 bits per heavy atom. The molecular weight excluding hydrogens is 316 g/mol. The fourth-order valence-electron chi connectivity index (χ4n) is 3.41. The lowest BCUT2D eigenvalue weighted by Crippen LogP contribution is -2.27. The second-order valence-corrected chi connectivity index (χ2v) is 7.64. The topological polar surface area (TPSA) is 6.48 Å². The van der Waals surface area contributed by atoms with Crippen molar-refractivity contribution in [1.29, 1.82) is 0 Å². The van der Waals surface area contributed by atoms with Crippen molar-refractivity contribution < 1.29 is 0 Å². The molecule has 2 aromatic carbocycles. The van der Waals surface area contributed by atoms with Crippen LogP contribution in [0.25, 0.3) is 0 Å². The highest BCUT2D eigenvalue weighted by Crippen LogP contribution is 2.17. The summed E-state index contributed by atoms with van der Waals surface area (Å²) in [5, 5.41) is 0. The Kier molecular flexibility index (Phi) is 8.87. The standard InChI is InChI=1S/C19H25N.C5H11N/c1-4-20(15-18-12-10-16(2)11-13-18)14-17(3)19-8-6-5-7-9-19;1-6-4-2-3-5-6/h5-13,17H,4,14-15H2,1-3H3;2-5H2,1H3. The molecule has 1 aliphatic heterocycles. The number of hydrogen-bond donors (Lipinski definition) is 0. The zero-order valence-electron chi connectivity index (χ0n) is 17.1. The van der Waals surface area contributed by atoms with Crippen LogP contribution in [0.5, 0.6) is 0 Å². The van der Waals surface area contributed by atoms with Crippen molar-refractivity contribution in [3.05, 3.63) is 71.3 Å². The maximum atomic E-state index is 2.52. The third-order valence-corrected chi connectivity index (χ3v) is 5.20. The van der Waals surface area contributed by atoms with Crippen LogP contribution in [0.3, 0.4) is 0 Å². The van der Waals surface area contributed by atoms with Crippen LogP contribution in [0.1, 0.15) is 49.3 Å². The molecule has 2 nitrogen and oxygen atoms in total. The molecule has 1 aliphatic rings. The average molecular weight is 353 g/mol. The number of likely N-dealkylation sites (tertiary alicyclic amines) is 1. The van der Waals surface area contributed by atoms with Crippen molar-refractivity contribution in [2.24, 2.45) is 0 Å². The molecule has 2 heteroatoms. The Bertz CT molecular complexity index is 600. The van der Waals surface area contributed by atoms with Gasteiger partial charge in [0.15, 0.2) is 0 Å². The molecule has 3 rings (SSSR count). The summed E-state index contributed by atoms with van der Waals surface area (Å²) in [6.07, 6.45) is 2.83. The molecular formula is C24H36N2. The van der Waals surface area contributed by atoms with E-state index < -0.39 is 0 Å². The molecule has 0 aromatic heterocycles. The number of rotatable bonds is 6. The molecule has 1 saturated heterocycles. The Hall–Kier alpha value is -1.64. The van der Waals surface area contributed by atoms with Crippen LogP contribution in [0, 0.1) is 6.92 Å². The first-order chi connectivity index (χ1) is 12.6. The van der Waals surface area contributed by atoms with E-state index in [2.05, 4.69) is 92.2 Å². The number of nitrogens with zero attached hydrogens (tertiary/aromatic N) is 2. The highest BCUT2D eigenvalue weighted by atomic mass is 15.1. The Balaban J connectivity index is 0.000000342. The van der Waals surface area contributed by atoms with E-state index in [0.717, 1.165) is 19.6 Å². The van der Waals surface area contributed by atoms with Gasteiger partial charge in [-0.15, -0.1) is 0 Å². The van der Waals surface area contributed by atoms with Gasteiger partial charge in [0, 0.05) is 13.1 Å². The molecule has 1 fully saturated rings. The molecule has 1 unspecified atom stereocenters. The summed E-state index contributed by atoms with van der Waals surface area (Å²) in [5.74, 6) is 0.571. The Morgan fingerprint density at radius 3 is 2.08 bits per heavy atom. The van der Waals surface area contributed by atoms with Gasteiger partial charge in [0.25, 0.3) is 0 Å². The molecule has 0 amide bonds. The summed E-state index contributed by atoms with van der Waals surface area (Å²) in [4.78, 5) is 4.88. The minimum absolute atomic E-state index is 0.571. The minimum Gasteiger partial charge on any atom is -0.306 e. The first-order valence-corrected chi connectivity index (χ1v) is 10.1.